The van der Waals surface area contributed by atoms with E-state index in [2.05, 4.69) is 69.1 Å². The van der Waals surface area contributed by atoms with Gasteiger partial charge in [0.25, 0.3) is 0 Å². The smallest absolute Gasteiger partial charge is 0.326 e. The standard InChI is InChI=1S/C70H119N17O26/c1-32(2)24-42(80-59(101)39(16-13-14-22-71)78-65(107)54(72)37(11)89)58(100)74-30-50(93)77-44(27-53(98)99)61(103)81-43(25-33(3)4)62(104)84-56(36(9)10)67(109)86-57(38(12)90)68(110)85-55(35(7)8)66(108)83-46(31-88)63(105)82-45(26-34(5)6)69(111)87-23-15-17-47(87)64(106)75-28-48(91)73-29-49(92)76-40(18-20-51(94)95)60(102)79-41(70(112)113)19-21-52(96)97/h32-47,54-57,88-90H,13-31,71-72H2,1-12H3,(H,73,91)(H,74,100)(H,75,106)(H,76,92)(H,77,93)(H,78,107)(H,79,102)(H,80,101)(H,81,103)(H,82,105)(H,83,108)(H,84,104)(H,85,110)(H,86,109)(H,94,95)(H,96,97)(H,98,99)(H,112,113)/t37-,38-,39+,40+,41+,42+,43+,44+,45+,46+,47+,54+,55+,56+,57+/m1/s1. The summed E-state index contributed by atoms with van der Waals surface area (Å²) < 4.78 is 0. The molecule has 0 aromatic heterocycles. The van der Waals surface area contributed by atoms with Crippen LogP contribution >= 0.6 is 0 Å². The number of carboxylic acid groups (broad SMARTS) is 4. The molecule has 0 saturated carbocycles. The molecule has 25 N–H and O–H groups in total. The average Bonchev–Trinajstić information content (AvgIpc) is 1.77. The van der Waals surface area contributed by atoms with Crippen LogP contribution in [0.2, 0.25) is 0 Å². The van der Waals surface area contributed by atoms with Gasteiger partial charge in [0.05, 0.1) is 44.9 Å². The molecule has 1 heterocycles. The maximum absolute atomic E-state index is 14.3. The minimum atomic E-state index is -1.88. The van der Waals surface area contributed by atoms with Gasteiger partial charge in [-0.05, 0) is 114 Å². The topological polar surface area (TPSA) is 690 Å². The van der Waals surface area contributed by atoms with Crippen LogP contribution in [0.4, 0.5) is 0 Å². The second kappa shape index (κ2) is 50.7. The van der Waals surface area contributed by atoms with Gasteiger partial charge in [-0.25, -0.2) is 4.79 Å². The Morgan fingerprint density at radius 1 is 0.398 bits per heavy atom. The Hall–Kier alpha value is -10.3. The molecule has 1 fully saturated rings. The van der Waals surface area contributed by atoms with E-state index in [4.69, 9.17) is 21.7 Å². The Morgan fingerprint density at radius 3 is 1.27 bits per heavy atom. The van der Waals surface area contributed by atoms with Crippen molar-refractivity contribution in [3.8, 4) is 0 Å². The van der Waals surface area contributed by atoms with Crippen molar-refractivity contribution in [3.05, 3.63) is 0 Å². The number of nitrogens with zero attached hydrogens (tertiary/aromatic N) is 1. The summed E-state index contributed by atoms with van der Waals surface area (Å²) in [6.45, 7) is 15.3. The van der Waals surface area contributed by atoms with Crippen LogP contribution in [0.15, 0.2) is 0 Å². The number of hydrogen-bond acceptors (Lipinski definition) is 24. The molecule has 0 bridgehead atoms. The van der Waals surface area contributed by atoms with Gasteiger partial charge in [0.15, 0.2) is 0 Å². The van der Waals surface area contributed by atoms with E-state index < -0.39 is 273 Å². The van der Waals surface area contributed by atoms with Gasteiger partial charge in [-0.3, -0.25) is 86.3 Å². The quantitative estimate of drug-likeness (QED) is 0.0252. The Balaban J connectivity index is 3.26. The first-order chi connectivity index (χ1) is 52.6. The maximum atomic E-state index is 14.3. The Morgan fingerprint density at radius 2 is 0.796 bits per heavy atom. The van der Waals surface area contributed by atoms with E-state index in [-0.39, 0.29) is 69.4 Å². The van der Waals surface area contributed by atoms with Crippen LogP contribution in [-0.2, 0) is 91.1 Å². The first-order valence-corrected chi connectivity index (χ1v) is 37.4. The average molecular weight is 1610 g/mol. The van der Waals surface area contributed by atoms with E-state index in [1.807, 2.05) is 5.32 Å². The second-order valence-electron chi connectivity index (χ2n) is 29.6. The molecule has 1 saturated heterocycles. The fourth-order valence-corrected chi connectivity index (χ4v) is 11.4. The molecule has 0 aliphatic carbocycles. The summed E-state index contributed by atoms with van der Waals surface area (Å²) in [6, 6.07) is -20.0. The number of hydrogen-bond donors (Lipinski definition) is 23. The molecule has 15 amide bonds. The highest BCUT2D eigenvalue weighted by atomic mass is 16.4. The lowest BCUT2D eigenvalue weighted by molar-refractivity contribution is -0.144. The van der Waals surface area contributed by atoms with Gasteiger partial charge >= 0.3 is 23.9 Å². The lowest BCUT2D eigenvalue weighted by atomic mass is 9.98. The molecule has 43 heteroatoms. The van der Waals surface area contributed by atoms with Crippen molar-refractivity contribution in [2.75, 3.05) is 39.3 Å². The van der Waals surface area contributed by atoms with Crippen LogP contribution in [-0.4, -0.2) is 283 Å². The van der Waals surface area contributed by atoms with Gasteiger partial charge in [-0.1, -0.05) is 69.2 Å². The molecule has 15 atom stereocenters. The number of rotatable bonds is 53. The summed E-state index contributed by atoms with van der Waals surface area (Å²) in [5.74, 6) is -23.4. The maximum Gasteiger partial charge on any atom is 0.326 e. The van der Waals surface area contributed by atoms with Crippen LogP contribution in [0.3, 0.4) is 0 Å². The van der Waals surface area contributed by atoms with Crippen LogP contribution in [0, 0.1) is 29.6 Å². The molecular formula is C70H119N17O26. The second-order valence-corrected chi connectivity index (χ2v) is 29.6. The number of carbonyl (C=O) groups excluding carboxylic acids is 15. The van der Waals surface area contributed by atoms with Crippen LogP contribution in [0.25, 0.3) is 0 Å². The number of likely N-dealkylation sites (tertiary alicyclic amines) is 1. The highest BCUT2D eigenvalue weighted by Crippen LogP contribution is 2.21. The number of carboxylic acids is 4. The summed E-state index contributed by atoms with van der Waals surface area (Å²) in [5.41, 5.74) is 11.4. The van der Waals surface area contributed by atoms with Crippen molar-refractivity contribution in [1.82, 2.24) is 79.3 Å². The number of aliphatic hydroxyl groups excluding tert-OH is 3. The number of carbonyl (C=O) groups is 19. The Kier molecular flexibility index (Phi) is 45.2. The zero-order valence-corrected chi connectivity index (χ0v) is 66.0. The van der Waals surface area contributed by atoms with Gasteiger partial charge in [-0.2, -0.15) is 0 Å². The normalized spacial score (nSPS) is 16.4. The van der Waals surface area contributed by atoms with Gasteiger partial charge < -0.3 is 127 Å². The summed E-state index contributed by atoms with van der Waals surface area (Å²) in [5, 5.41) is 102. The molecular weight excluding hydrogens is 1490 g/mol. The zero-order chi connectivity index (χ0) is 86.4. The Labute approximate surface area is 654 Å². The van der Waals surface area contributed by atoms with Crippen molar-refractivity contribution < 1.29 is 127 Å². The lowest BCUT2D eigenvalue weighted by Crippen LogP contribution is -2.63. The third-order valence-corrected chi connectivity index (χ3v) is 17.5. The zero-order valence-electron chi connectivity index (χ0n) is 66.0. The predicted octanol–water partition coefficient (Wildman–Crippen LogP) is -7.39. The summed E-state index contributed by atoms with van der Waals surface area (Å²) in [7, 11) is 0. The molecule has 0 unspecified atom stereocenters. The van der Waals surface area contributed by atoms with Gasteiger partial charge in [0.1, 0.15) is 78.5 Å². The van der Waals surface area contributed by atoms with Crippen LogP contribution in [0.1, 0.15) is 167 Å². The molecule has 1 aliphatic heterocycles. The van der Waals surface area contributed by atoms with Gasteiger partial charge in [0.2, 0.25) is 88.6 Å². The monoisotopic (exact) mass is 1610 g/mol. The molecule has 640 valence electrons. The fraction of sp³-hybridized carbons (Fsp3) is 0.729. The van der Waals surface area contributed by atoms with Crippen molar-refractivity contribution in [2.24, 2.45) is 41.1 Å². The first-order valence-electron chi connectivity index (χ1n) is 37.4. The highest BCUT2D eigenvalue weighted by molar-refractivity contribution is 6.01. The molecule has 1 rings (SSSR count). The third-order valence-electron chi connectivity index (χ3n) is 17.5. The lowest BCUT2D eigenvalue weighted by Gasteiger charge is -2.31. The van der Waals surface area contributed by atoms with E-state index >= 15 is 0 Å². The number of aliphatic carboxylic acids is 4. The van der Waals surface area contributed by atoms with Crippen molar-refractivity contribution in [3.63, 3.8) is 0 Å². The number of unbranched alkanes of at least 4 members (excludes halogenated alkanes) is 1. The SMILES string of the molecule is CC(C)C[C@H](NC(=O)[C@H](CCCCN)NC(=O)[C@@H](N)[C@@H](C)O)C(=O)NCC(=O)N[C@@H](CC(=O)O)C(=O)N[C@@H](CC(C)C)C(=O)N[C@H](C(=O)N[C@H](C(=O)N[C@H](C(=O)N[C@@H](CO)C(=O)N[C@@H](CC(C)C)C(=O)N1CCC[C@H]1C(=O)NCC(=O)NCC(=O)N[C@@H](CCC(=O)O)C(=O)N[C@@H](CCC(=O)O)C(=O)O)C(C)C)[C@@H](C)O)C(C)C. The summed E-state index contributed by atoms with van der Waals surface area (Å²) in [6.07, 6.45) is -5.31. The first kappa shape index (κ1) is 101. The van der Waals surface area contributed by atoms with Crippen LogP contribution < -0.4 is 85.9 Å². The molecule has 0 aromatic rings. The van der Waals surface area contributed by atoms with E-state index in [1.54, 1.807) is 41.5 Å². The molecule has 43 nitrogen and oxygen atoms in total. The molecule has 0 spiro atoms. The minimum absolute atomic E-state index is 0.00888. The van der Waals surface area contributed by atoms with Gasteiger partial charge in [0, 0.05) is 19.4 Å². The van der Waals surface area contributed by atoms with E-state index in [1.165, 1.54) is 34.6 Å². The largest absolute Gasteiger partial charge is 0.481 e. The number of nitrogens with one attached hydrogen (secondary N) is 14. The van der Waals surface area contributed by atoms with E-state index in [0.717, 1.165) is 11.8 Å². The molecule has 0 radical (unpaired) electrons. The number of nitrogens with two attached hydrogens (primary N) is 2. The summed E-state index contributed by atoms with van der Waals surface area (Å²) >= 11 is 0. The van der Waals surface area contributed by atoms with E-state index in [0.29, 0.717) is 12.8 Å². The summed E-state index contributed by atoms with van der Waals surface area (Å²) in [4.78, 5) is 251. The van der Waals surface area contributed by atoms with Crippen molar-refractivity contribution in [2.45, 2.75) is 257 Å². The Bertz CT molecular complexity index is 3300. The minimum Gasteiger partial charge on any atom is -0.481 e. The van der Waals surface area contributed by atoms with Crippen LogP contribution in [0.5, 0.6) is 0 Å². The molecule has 1 aliphatic rings. The fourth-order valence-electron chi connectivity index (χ4n) is 11.4. The van der Waals surface area contributed by atoms with Crippen molar-refractivity contribution in [1.29, 1.82) is 0 Å². The highest BCUT2D eigenvalue weighted by Gasteiger charge is 2.42. The molecule has 113 heavy (non-hydrogen) atoms. The molecule has 0 aromatic carbocycles. The predicted molar refractivity (Wildman–Crippen MR) is 398 cm³/mol. The number of aliphatic hydroxyl groups is 3. The number of amides is 15. The van der Waals surface area contributed by atoms with E-state index in [9.17, 15) is 117 Å². The van der Waals surface area contributed by atoms with Crippen molar-refractivity contribution >= 4 is 112 Å². The third kappa shape index (κ3) is 37.7. The van der Waals surface area contributed by atoms with Gasteiger partial charge in [-0.15, -0.1) is 0 Å².